The van der Waals surface area contributed by atoms with Crippen LogP contribution < -0.4 is 4.74 Å². The van der Waals surface area contributed by atoms with Crippen LogP contribution in [0.2, 0.25) is 5.02 Å². The third kappa shape index (κ3) is 4.59. The van der Waals surface area contributed by atoms with E-state index in [9.17, 15) is 5.11 Å². The maximum Gasteiger partial charge on any atom is 0.138 e. The molecule has 1 heterocycles. The van der Waals surface area contributed by atoms with Gasteiger partial charge in [0.15, 0.2) is 0 Å². The normalized spacial score (nSPS) is 23.8. The summed E-state index contributed by atoms with van der Waals surface area (Å²) in [6.45, 7) is 6.27. The molecular weight excluding hydrogens is 304 g/mol. The van der Waals surface area contributed by atoms with Crippen molar-refractivity contribution < 1.29 is 14.6 Å². The molecule has 0 unspecified atom stereocenters. The minimum atomic E-state index is -0.636. The van der Waals surface area contributed by atoms with Crippen LogP contribution in [0.4, 0.5) is 0 Å². The Bertz CT molecular complexity index is 537. The number of ether oxygens (including phenoxy) is 2. The number of hydrogen-bond acceptors (Lipinski definition) is 5. The third-order valence-electron chi connectivity index (χ3n) is 3.48. The lowest BCUT2D eigenvalue weighted by Crippen LogP contribution is -2.48. The van der Waals surface area contributed by atoms with Crippen LogP contribution in [-0.2, 0) is 4.74 Å². The first-order chi connectivity index (χ1) is 10.5. The minimum absolute atomic E-state index is 0.120. The number of β-amino-alcohol motifs (C(OH)–C–C–N with tert-alkyl or cyclic N) is 1. The molecule has 22 heavy (non-hydrogen) atoms. The van der Waals surface area contributed by atoms with Gasteiger partial charge in [-0.3, -0.25) is 4.90 Å². The van der Waals surface area contributed by atoms with Crippen molar-refractivity contribution in [3.05, 3.63) is 28.8 Å². The van der Waals surface area contributed by atoms with E-state index in [0.717, 1.165) is 13.1 Å². The topological polar surface area (TPSA) is 65.7 Å². The molecule has 0 bridgehead atoms. The number of nitriles is 1. The number of aliphatic hydroxyl groups is 1. The van der Waals surface area contributed by atoms with Crippen molar-refractivity contribution >= 4 is 11.6 Å². The van der Waals surface area contributed by atoms with E-state index >= 15 is 0 Å². The molecule has 0 radical (unpaired) electrons. The Kier molecular flexibility index (Phi) is 6.04. The molecule has 0 amide bonds. The SMILES string of the molecule is C[C@@H]1CN(C[C@@H](O)COc2cccc(Cl)c2C#N)C[C@H](C)O1. The van der Waals surface area contributed by atoms with Crippen molar-refractivity contribution in [2.24, 2.45) is 0 Å². The Labute approximate surface area is 136 Å². The molecule has 1 fully saturated rings. The highest BCUT2D eigenvalue weighted by molar-refractivity contribution is 6.31. The Morgan fingerprint density at radius 2 is 2.14 bits per heavy atom. The summed E-state index contributed by atoms with van der Waals surface area (Å²) >= 11 is 5.95. The van der Waals surface area contributed by atoms with Gasteiger partial charge in [0.05, 0.1) is 17.2 Å². The summed E-state index contributed by atoms with van der Waals surface area (Å²) < 4.78 is 11.2. The smallest absolute Gasteiger partial charge is 0.138 e. The highest BCUT2D eigenvalue weighted by atomic mass is 35.5. The highest BCUT2D eigenvalue weighted by Crippen LogP contribution is 2.25. The van der Waals surface area contributed by atoms with Crippen LogP contribution in [0.1, 0.15) is 19.4 Å². The van der Waals surface area contributed by atoms with Crippen LogP contribution in [-0.4, -0.2) is 54.6 Å². The Morgan fingerprint density at radius 1 is 1.45 bits per heavy atom. The molecule has 1 N–H and O–H groups in total. The van der Waals surface area contributed by atoms with Gasteiger partial charge in [-0.1, -0.05) is 17.7 Å². The monoisotopic (exact) mass is 324 g/mol. The number of morpholine rings is 1. The average molecular weight is 325 g/mol. The largest absolute Gasteiger partial charge is 0.489 e. The van der Waals surface area contributed by atoms with Gasteiger partial charge in [0.1, 0.15) is 30.1 Å². The Balaban J connectivity index is 1.87. The predicted molar refractivity (Wildman–Crippen MR) is 84.1 cm³/mol. The summed E-state index contributed by atoms with van der Waals surface area (Å²) in [4.78, 5) is 2.16. The number of aliphatic hydroxyl groups excluding tert-OH is 1. The number of nitrogens with zero attached hydrogens (tertiary/aromatic N) is 2. The van der Waals surface area contributed by atoms with E-state index < -0.39 is 6.10 Å². The van der Waals surface area contributed by atoms with Gasteiger partial charge < -0.3 is 14.6 Å². The molecule has 1 saturated heterocycles. The van der Waals surface area contributed by atoms with Gasteiger partial charge in [-0.25, -0.2) is 0 Å². The van der Waals surface area contributed by atoms with E-state index in [1.165, 1.54) is 0 Å². The summed E-state index contributed by atoms with van der Waals surface area (Å²) in [6, 6.07) is 7.05. The molecule has 6 heteroatoms. The maximum absolute atomic E-state index is 10.1. The Morgan fingerprint density at radius 3 is 2.77 bits per heavy atom. The molecule has 0 aliphatic carbocycles. The molecule has 1 aliphatic rings. The first-order valence-corrected chi connectivity index (χ1v) is 7.74. The molecule has 120 valence electrons. The van der Waals surface area contributed by atoms with Crippen LogP contribution in [0.5, 0.6) is 5.75 Å². The van der Waals surface area contributed by atoms with Gasteiger partial charge in [0.25, 0.3) is 0 Å². The van der Waals surface area contributed by atoms with Crippen molar-refractivity contribution in [2.45, 2.75) is 32.2 Å². The number of halogens is 1. The molecule has 3 atom stereocenters. The van der Waals surface area contributed by atoms with Crippen LogP contribution in [0, 0.1) is 11.3 Å². The first-order valence-electron chi connectivity index (χ1n) is 7.37. The van der Waals surface area contributed by atoms with Crippen LogP contribution in [0.15, 0.2) is 18.2 Å². The highest BCUT2D eigenvalue weighted by Gasteiger charge is 2.24. The fraction of sp³-hybridized carbons (Fsp3) is 0.562. The van der Waals surface area contributed by atoms with Crippen LogP contribution in [0.3, 0.4) is 0 Å². The molecule has 0 aromatic heterocycles. The van der Waals surface area contributed by atoms with E-state index in [1.54, 1.807) is 18.2 Å². The van der Waals surface area contributed by atoms with Crippen LogP contribution in [0.25, 0.3) is 0 Å². The summed E-state index contributed by atoms with van der Waals surface area (Å²) in [5.41, 5.74) is 0.296. The fourth-order valence-corrected chi connectivity index (χ4v) is 2.91. The predicted octanol–water partition coefficient (Wildman–Crippen LogP) is 2.06. The van der Waals surface area contributed by atoms with E-state index in [-0.39, 0.29) is 18.8 Å². The molecule has 1 aliphatic heterocycles. The molecule has 0 saturated carbocycles. The lowest BCUT2D eigenvalue weighted by Gasteiger charge is -2.36. The van der Waals surface area contributed by atoms with Gasteiger partial charge in [-0.05, 0) is 26.0 Å². The van der Waals surface area contributed by atoms with Gasteiger partial charge in [0.2, 0.25) is 0 Å². The molecule has 2 rings (SSSR count). The standard InChI is InChI=1S/C16H21ClN2O3/c1-11-7-19(8-12(2)22-11)9-13(20)10-21-16-5-3-4-15(17)14(16)6-18/h3-5,11-13,20H,7-10H2,1-2H3/t11-,12+,13-/m1/s1. The van der Waals surface area contributed by atoms with Gasteiger partial charge in [-0.2, -0.15) is 5.26 Å². The molecule has 5 nitrogen and oxygen atoms in total. The molecule has 0 spiro atoms. The van der Waals surface area contributed by atoms with Gasteiger partial charge in [-0.15, -0.1) is 0 Å². The molecule has 1 aromatic carbocycles. The van der Waals surface area contributed by atoms with Gasteiger partial charge in [0, 0.05) is 19.6 Å². The number of rotatable bonds is 5. The minimum Gasteiger partial charge on any atom is -0.489 e. The van der Waals surface area contributed by atoms with E-state index in [4.69, 9.17) is 26.3 Å². The summed E-state index contributed by atoms with van der Waals surface area (Å²) in [7, 11) is 0. The van der Waals surface area contributed by atoms with E-state index in [0.29, 0.717) is 22.9 Å². The lowest BCUT2D eigenvalue weighted by atomic mass is 10.2. The second-order valence-corrected chi connectivity index (χ2v) is 6.07. The first kappa shape index (κ1) is 17.0. The summed E-state index contributed by atoms with van der Waals surface area (Å²) in [5.74, 6) is 0.401. The van der Waals surface area contributed by atoms with E-state index in [2.05, 4.69) is 4.90 Å². The van der Waals surface area contributed by atoms with Crippen molar-refractivity contribution in [2.75, 3.05) is 26.2 Å². The number of benzene rings is 1. The second-order valence-electron chi connectivity index (χ2n) is 5.67. The zero-order valence-corrected chi connectivity index (χ0v) is 13.6. The second kappa shape index (κ2) is 7.80. The number of hydrogen-bond donors (Lipinski definition) is 1. The third-order valence-corrected chi connectivity index (χ3v) is 3.80. The van der Waals surface area contributed by atoms with Crippen LogP contribution >= 0.6 is 11.6 Å². The quantitative estimate of drug-likeness (QED) is 0.898. The lowest BCUT2D eigenvalue weighted by molar-refractivity contribution is -0.0786. The fourth-order valence-electron chi connectivity index (χ4n) is 2.70. The van der Waals surface area contributed by atoms with Crippen molar-refractivity contribution in [3.63, 3.8) is 0 Å². The van der Waals surface area contributed by atoms with Gasteiger partial charge >= 0.3 is 0 Å². The van der Waals surface area contributed by atoms with Crippen molar-refractivity contribution in [3.8, 4) is 11.8 Å². The average Bonchev–Trinajstić information content (AvgIpc) is 2.44. The van der Waals surface area contributed by atoms with Crippen molar-refractivity contribution in [1.82, 2.24) is 4.90 Å². The summed E-state index contributed by atoms with van der Waals surface area (Å²) in [5, 5.41) is 19.6. The zero-order chi connectivity index (χ0) is 16.1. The molecular formula is C16H21ClN2O3. The maximum atomic E-state index is 10.1. The Hall–Kier alpha value is -1.32. The molecule has 1 aromatic rings. The summed E-state index contributed by atoms with van der Waals surface area (Å²) in [6.07, 6.45) is -0.312. The van der Waals surface area contributed by atoms with E-state index in [1.807, 2.05) is 19.9 Å². The zero-order valence-electron chi connectivity index (χ0n) is 12.8. The van der Waals surface area contributed by atoms with Crippen molar-refractivity contribution in [1.29, 1.82) is 5.26 Å².